The molecule has 8 heteroatoms. The SMILES string of the molecule is O=C(O)CC1CCCN(S(=O)(=O)c2ccc(Br)cc2Br)C1. The first-order valence-corrected chi connectivity index (χ1v) is 9.50. The lowest BCUT2D eigenvalue weighted by molar-refractivity contribution is -0.138. The van der Waals surface area contributed by atoms with Crippen molar-refractivity contribution in [3.05, 3.63) is 27.1 Å². The van der Waals surface area contributed by atoms with Gasteiger partial charge in [0.1, 0.15) is 0 Å². The van der Waals surface area contributed by atoms with Crippen molar-refractivity contribution in [3.63, 3.8) is 0 Å². The highest BCUT2D eigenvalue weighted by atomic mass is 79.9. The molecule has 1 saturated heterocycles. The molecule has 0 spiro atoms. The number of hydrogen-bond donors (Lipinski definition) is 1. The van der Waals surface area contributed by atoms with Gasteiger partial charge >= 0.3 is 5.97 Å². The Morgan fingerprint density at radius 1 is 1.38 bits per heavy atom. The summed E-state index contributed by atoms with van der Waals surface area (Å²) in [5.74, 6) is -1.01. The van der Waals surface area contributed by atoms with Crippen molar-refractivity contribution in [2.45, 2.75) is 24.2 Å². The van der Waals surface area contributed by atoms with Crippen LogP contribution in [0.3, 0.4) is 0 Å². The van der Waals surface area contributed by atoms with E-state index in [4.69, 9.17) is 5.11 Å². The van der Waals surface area contributed by atoms with Crippen molar-refractivity contribution >= 4 is 47.9 Å². The Labute approximate surface area is 140 Å². The zero-order chi connectivity index (χ0) is 15.6. The third-order valence-electron chi connectivity index (χ3n) is 3.46. The van der Waals surface area contributed by atoms with Gasteiger partial charge in [-0.15, -0.1) is 0 Å². The number of halogens is 2. The topological polar surface area (TPSA) is 74.7 Å². The molecule has 0 amide bonds. The van der Waals surface area contributed by atoms with Crippen molar-refractivity contribution in [1.82, 2.24) is 4.31 Å². The van der Waals surface area contributed by atoms with E-state index < -0.39 is 16.0 Å². The third-order valence-corrected chi connectivity index (χ3v) is 6.79. The molecule has 0 aromatic heterocycles. The number of benzene rings is 1. The van der Waals surface area contributed by atoms with Gasteiger partial charge in [-0.3, -0.25) is 4.79 Å². The normalized spacial score (nSPS) is 20.4. The molecule has 0 aliphatic carbocycles. The molecule has 5 nitrogen and oxygen atoms in total. The summed E-state index contributed by atoms with van der Waals surface area (Å²) in [6.07, 6.45) is 1.44. The fraction of sp³-hybridized carbons (Fsp3) is 0.462. The summed E-state index contributed by atoms with van der Waals surface area (Å²) in [5.41, 5.74) is 0. The molecule has 1 aliphatic heterocycles. The highest BCUT2D eigenvalue weighted by molar-refractivity contribution is 9.11. The molecule has 1 aromatic carbocycles. The van der Waals surface area contributed by atoms with Crippen LogP contribution in [0.2, 0.25) is 0 Å². The first kappa shape index (κ1) is 16.9. The molecule has 1 heterocycles. The molecule has 0 radical (unpaired) electrons. The van der Waals surface area contributed by atoms with Gasteiger partial charge in [0.2, 0.25) is 10.0 Å². The van der Waals surface area contributed by atoms with Crippen LogP contribution in [0.1, 0.15) is 19.3 Å². The highest BCUT2D eigenvalue weighted by Crippen LogP contribution is 2.31. The van der Waals surface area contributed by atoms with Crippen molar-refractivity contribution in [3.8, 4) is 0 Å². The molecule has 1 aliphatic rings. The number of aliphatic carboxylic acids is 1. The summed E-state index contributed by atoms with van der Waals surface area (Å²) in [6.45, 7) is 0.693. The van der Waals surface area contributed by atoms with Gasteiger partial charge in [-0.1, -0.05) is 15.9 Å². The first-order chi connectivity index (χ1) is 9.80. The van der Waals surface area contributed by atoms with E-state index in [0.717, 1.165) is 10.9 Å². The summed E-state index contributed by atoms with van der Waals surface area (Å²) >= 11 is 6.57. The van der Waals surface area contributed by atoms with Crippen molar-refractivity contribution in [2.24, 2.45) is 5.92 Å². The smallest absolute Gasteiger partial charge is 0.303 e. The van der Waals surface area contributed by atoms with E-state index in [2.05, 4.69) is 31.9 Å². The van der Waals surface area contributed by atoms with E-state index in [1.54, 1.807) is 18.2 Å². The Kier molecular flexibility index (Phi) is 5.45. The minimum atomic E-state index is -3.61. The molecule has 1 aromatic rings. The van der Waals surface area contributed by atoms with Gasteiger partial charge in [-0.2, -0.15) is 4.31 Å². The maximum atomic E-state index is 12.7. The molecule has 1 N–H and O–H groups in total. The Hall–Kier alpha value is -0.440. The fourth-order valence-electron chi connectivity index (χ4n) is 2.48. The average molecular weight is 441 g/mol. The number of rotatable bonds is 4. The maximum Gasteiger partial charge on any atom is 0.303 e. The Balaban J connectivity index is 2.24. The Morgan fingerprint density at radius 2 is 2.10 bits per heavy atom. The number of carboxylic acid groups (broad SMARTS) is 1. The first-order valence-electron chi connectivity index (χ1n) is 6.47. The lowest BCUT2D eigenvalue weighted by Crippen LogP contribution is -2.40. The summed E-state index contributed by atoms with van der Waals surface area (Å²) in [4.78, 5) is 11.0. The quantitative estimate of drug-likeness (QED) is 0.780. The van der Waals surface area contributed by atoms with Gasteiger partial charge in [-0.05, 0) is 52.9 Å². The second kappa shape index (κ2) is 6.76. The van der Waals surface area contributed by atoms with Crippen LogP contribution in [-0.4, -0.2) is 36.9 Å². The van der Waals surface area contributed by atoms with Crippen LogP contribution in [0, 0.1) is 5.92 Å². The van der Waals surface area contributed by atoms with Crippen LogP contribution in [0.5, 0.6) is 0 Å². The predicted molar refractivity (Wildman–Crippen MR) is 85.6 cm³/mol. The van der Waals surface area contributed by atoms with Crippen LogP contribution < -0.4 is 0 Å². The lowest BCUT2D eigenvalue weighted by atomic mass is 9.96. The van der Waals surface area contributed by atoms with E-state index in [0.29, 0.717) is 17.4 Å². The number of piperidine rings is 1. The Morgan fingerprint density at radius 3 is 2.71 bits per heavy atom. The number of sulfonamides is 1. The summed E-state index contributed by atoms with van der Waals surface area (Å²) < 4.78 is 28.0. The van der Waals surface area contributed by atoms with E-state index in [1.165, 1.54) is 4.31 Å². The van der Waals surface area contributed by atoms with E-state index in [1.807, 2.05) is 0 Å². The standard InChI is InChI=1S/C13H15Br2NO4S/c14-10-3-4-12(11(15)7-10)21(19,20)16-5-1-2-9(8-16)6-13(17)18/h3-4,7,9H,1-2,5-6,8H2,(H,17,18). The van der Waals surface area contributed by atoms with Crippen LogP contribution in [0.25, 0.3) is 0 Å². The largest absolute Gasteiger partial charge is 0.481 e. The monoisotopic (exact) mass is 439 g/mol. The molecule has 1 fully saturated rings. The molecule has 1 unspecified atom stereocenters. The number of carboxylic acids is 1. The second-order valence-electron chi connectivity index (χ2n) is 5.04. The Bertz CT molecular complexity index is 648. The zero-order valence-electron chi connectivity index (χ0n) is 11.1. The lowest BCUT2D eigenvalue weighted by Gasteiger charge is -2.31. The molecule has 0 saturated carbocycles. The van der Waals surface area contributed by atoms with Gasteiger partial charge in [0.15, 0.2) is 0 Å². The molecule has 116 valence electrons. The number of hydrogen-bond acceptors (Lipinski definition) is 3. The number of nitrogens with zero attached hydrogens (tertiary/aromatic N) is 1. The van der Waals surface area contributed by atoms with Crippen LogP contribution >= 0.6 is 31.9 Å². The van der Waals surface area contributed by atoms with Gasteiger partial charge in [0.25, 0.3) is 0 Å². The number of carbonyl (C=O) groups is 1. The molecule has 2 rings (SSSR count). The van der Waals surface area contributed by atoms with Gasteiger partial charge < -0.3 is 5.11 Å². The van der Waals surface area contributed by atoms with Gasteiger partial charge in [-0.25, -0.2) is 8.42 Å². The van der Waals surface area contributed by atoms with E-state index in [-0.39, 0.29) is 23.8 Å². The third kappa shape index (κ3) is 4.06. The van der Waals surface area contributed by atoms with Crippen LogP contribution in [0.15, 0.2) is 32.0 Å². The molecule has 1 atom stereocenters. The van der Waals surface area contributed by atoms with Crippen molar-refractivity contribution < 1.29 is 18.3 Å². The van der Waals surface area contributed by atoms with Gasteiger partial charge in [0.05, 0.1) is 4.90 Å². The summed E-state index contributed by atoms with van der Waals surface area (Å²) in [7, 11) is -3.61. The average Bonchev–Trinajstić information content (AvgIpc) is 2.37. The minimum absolute atomic E-state index is 0.00747. The molecular weight excluding hydrogens is 426 g/mol. The maximum absolute atomic E-state index is 12.7. The molecular formula is C13H15Br2NO4S. The van der Waals surface area contributed by atoms with Crippen molar-refractivity contribution in [2.75, 3.05) is 13.1 Å². The molecule has 21 heavy (non-hydrogen) atoms. The summed E-state index contributed by atoms with van der Waals surface area (Å²) in [5, 5.41) is 8.87. The highest BCUT2D eigenvalue weighted by Gasteiger charge is 2.32. The fourth-order valence-corrected chi connectivity index (χ4v) is 5.74. The van der Waals surface area contributed by atoms with Gasteiger partial charge in [0, 0.05) is 28.5 Å². The summed E-state index contributed by atoms with van der Waals surface area (Å²) in [6, 6.07) is 4.91. The second-order valence-corrected chi connectivity index (χ2v) is 8.72. The van der Waals surface area contributed by atoms with E-state index >= 15 is 0 Å². The molecule has 0 bridgehead atoms. The zero-order valence-corrected chi connectivity index (χ0v) is 15.1. The van der Waals surface area contributed by atoms with Crippen molar-refractivity contribution in [1.29, 1.82) is 0 Å². The minimum Gasteiger partial charge on any atom is -0.481 e. The van der Waals surface area contributed by atoms with Crippen LogP contribution in [0.4, 0.5) is 0 Å². The van der Waals surface area contributed by atoms with Crippen LogP contribution in [-0.2, 0) is 14.8 Å². The van der Waals surface area contributed by atoms with E-state index in [9.17, 15) is 13.2 Å². The predicted octanol–water partition coefficient (Wildman–Crippen LogP) is 3.09.